The van der Waals surface area contributed by atoms with Crippen LogP contribution in [0, 0.1) is 20.8 Å². The molecule has 1 saturated heterocycles. The molecule has 1 amide bonds. The van der Waals surface area contributed by atoms with Crippen LogP contribution in [0.2, 0.25) is 0 Å². The molecule has 37 heavy (non-hydrogen) atoms. The minimum Gasteiger partial charge on any atom is -0.350 e. The lowest BCUT2D eigenvalue weighted by Crippen LogP contribution is -2.40. The zero-order chi connectivity index (χ0) is 26.4. The van der Waals surface area contributed by atoms with E-state index in [2.05, 4.69) is 22.3 Å². The van der Waals surface area contributed by atoms with Gasteiger partial charge in [-0.25, -0.2) is 8.42 Å². The van der Waals surface area contributed by atoms with Crippen LogP contribution in [0.3, 0.4) is 0 Å². The Hall–Kier alpha value is -3.16. The number of likely N-dealkylation sites (tertiary alicyclic amines) is 1. The Kier molecular flexibility index (Phi) is 8.67. The second-order valence-corrected chi connectivity index (χ2v) is 12.0. The number of sulfonamides is 1. The third kappa shape index (κ3) is 7.21. The smallest absolute Gasteiger partial charge is 0.264 e. The third-order valence-electron chi connectivity index (χ3n) is 6.73. The van der Waals surface area contributed by atoms with Crippen molar-refractivity contribution in [2.24, 2.45) is 0 Å². The molecule has 0 saturated carbocycles. The second kappa shape index (κ2) is 11.9. The Balaban J connectivity index is 1.49. The van der Waals surface area contributed by atoms with Crippen molar-refractivity contribution in [3.8, 4) is 0 Å². The van der Waals surface area contributed by atoms with E-state index in [1.54, 1.807) is 36.4 Å². The largest absolute Gasteiger partial charge is 0.350 e. The highest BCUT2D eigenvalue weighted by Gasteiger charge is 2.27. The number of carbonyl (C=O) groups excluding carboxylic acids is 1. The van der Waals surface area contributed by atoms with Gasteiger partial charge in [0, 0.05) is 13.1 Å². The molecule has 1 aliphatic rings. The molecule has 1 fully saturated rings. The van der Waals surface area contributed by atoms with Crippen molar-refractivity contribution in [2.75, 3.05) is 23.9 Å². The SMILES string of the molecule is Cc1ccc(S(=O)(=O)N(CC(=O)NCc2cccc(CN3CCCCC3)c2)c2cc(C)cc(C)c2)cc1. The van der Waals surface area contributed by atoms with Gasteiger partial charge in [0.05, 0.1) is 10.6 Å². The first-order valence-electron chi connectivity index (χ1n) is 13.0. The van der Waals surface area contributed by atoms with Crippen molar-refractivity contribution in [1.29, 1.82) is 0 Å². The Morgan fingerprint density at radius 2 is 1.49 bits per heavy atom. The van der Waals surface area contributed by atoms with Crippen molar-refractivity contribution in [3.63, 3.8) is 0 Å². The molecule has 1 N–H and O–H groups in total. The molecule has 3 aromatic rings. The number of carbonyl (C=O) groups is 1. The average molecular weight is 520 g/mol. The maximum atomic E-state index is 13.7. The van der Waals surface area contributed by atoms with E-state index in [1.165, 1.54) is 29.1 Å². The van der Waals surface area contributed by atoms with E-state index in [0.29, 0.717) is 12.2 Å². The van der Waals surface area contributed by atoms with Gasteiger partial charge in [0.25, 0.3) is 10.0 Å². The molecular weight excluding hydrogens is 482 g/mol. The molecule has 0 atom stereocenters. The van der Waals surface area contributed by atoms with E-state index >= 15 is 0 Å². The van der Waals surface area contributed by atoms with Gasteiger partial charge in [0.15, 0.2) is 0 Å². The maximum Gasteiger partial charge on any atom is 0.264 e. The summed E-state index contributed by atoms with van der Waals surface area (Å²) in [4.78, 5) is 15.7. The van der Waals surface area contributed by atoms with Crippen LogP contribution in [0.15, 0.2) is 71.6 Å². The van der Waals surface area contributed by atoms with E-state index in [0.717, 1.165) is 41.9 Å². The molecule has 0 radical (unpaired) electrons. The number of nitrogens with one attached hydrogen (secondary N) is 1. The van der Waals surface area contributed by atoms with Gasteiger partial charge in [-0.1, -0.05) is 54.4 Å². The molecule has 1 heterocycles. The number of benzene rings is 3. The molecule has 196 valence electrons. The van der Waals surface area contributed by atoms with Crippen molar-refractivity contribution >= 4 is 21.6 Å². The summed E-state index contributed by atoms with van der Waals surface area (Å²) >= 11 is 0. The van der Waals surface area contributed by atoms with Gasteiger partial charge in [0.2, 0.25) is 5.91 Å². The lowest BCUT2D eigenvalue weighted by molar-refractivity contribution is -0.119. The Morgan fingerprint density at radius 3 is 2.16 bits per heavy atom. The van der Waals surface area contributed by atoms with E-state index in [1.807, 2.05) is 39.0 Å². The summed E-state index contributed by atoms with van der Waals surface area (Å²) in [5, 5.41) is 2.93. The number of nitrogens with zero attached hydrogens (tertiary/aromatic N) is 2. The van der Waals surface area contributed by atoms with Gasteiger partial charge in [0.1, 0.15) is 6.54 Å². The lowest BCUT2D eigenvalue weighted by atomic mass is 10.1. The van der Waals surface area contributed by atoms with E-state index < -0.39 is 10.0 Å². The normalized spacial score (nSPS) is 14.4. The van der Waals surface area contributed by atoms with Gasteiger partial charge >= 0.3 is 0 Å². The summed E-state index contributed by atoms with van der Waals surface area (Å²) in [5.41, 5.74) is 5.55. The number of anilines is 1. The summed E-state index contributed by atoms with van der Waals surface area (Å²) in [6, 6.07) is 20.6. The first kappa shape index (κ1) is 26.9. The standard InChI is InChI=1S/C30H37N3O3S/c1-23-10-12-29(13-11-23)37(35,36)33(28-17-24(2)16-25(3)18-28)22-30(34)31-20-26-8-7-9-27(19-26)21-32-14-5-4-6-15-32/h7-13,16-19H,4-6,14-15,20-22H2,1-3H3,(H,31,34). The molecule has 4 rings (SSSR count). The molecule has 0 aromatic heterocycles. The highest BCUT2D eigenvalue weighted by atomic mass is 32.2. The third-order valence-corrected chi connectivity index (χ3v) is 8.51. The zero-order valence-electron chi connectivity index (χ0n) is 22.0. The molecular formula is C30H37N3O3S. The maximum absolute atomic E-state index is 13.7. The van der Waals surface area contributed by atoms with E-state index in [4.69, 9.17) is 0 Å². The van der Waals surface area contributed by atoms with Gasteiger partial charge in [-0.2, -0.15) is 0 Å². The first-order chi connectivity index (χ1) is 17.7. The minimum absolute atomic E-state index is 0.162. The number of hydrogen-bond acceptors (Lipinski definition) is 4. The average Bonchev–Trinajstić information content (AvgIpc) is 2.86. The van der Waals surface area contributed by atoms with Crippen molar-refractivity contribution in [2.45, 2.75) is 58.0 Å². The van der Waals surface area contributed by atoms with Crippen LogP contribution in [0.1, 0.15) is 47.1 Å². The Bertz CT molecular complexity index is 1310. The quantitative estimate of drug-likeness (QED) is 0.427. The molecule has 7 heteroatoms. The van der Waals surface area contributed by atoms with E-state index in [-0.39, 0.29) is 17.3 Å². The summed E-state index contributed by atoms with van der Waals surface area (Å²) < 4.78 is 28.5. The number of rotatable bonds is 9. The van der Waals surface area contributed by atoms with Crippen LogP contribution in [0.4, 0.5) is 5.69 Å². The number of aryl methyl sites for hydroxylation is 3. The summed E-state index contributed by atoms with van der Waals surface area (Å²) in [6.07, 6.45) is 3.80. The predicted molar refractivity (Wildman–Crippen MR) is 149 cm³/mol. The molecule has 1 aliphatic heterocycles. The highest BCUT2D eigenvalue weighted by molar-refractivity contribution is 7.92. The molecule has 0 aliphatic carbocycles. The van der Waals surface area contributed by atoms with Gasteiger partial charge in [-0.15, -0.1) is 0 Å². The van der Waals surface area contributed by atoms with Crippen LogP contribution in [0.5, 0.6) is 0 Å². The fourth-order valence-corrected chi connectivity index (χ4v) is 6.25. The van der Waals surface area contributed by atoms with Gasteiger partial charge < -0.3 is 5.32 Å². The monoisotopic (exact) mass is 519 g/mol. The fraction of sp³-hybridized carbons (Fsp3) is 0.367. The first-order valence-corrected chi connectivity index (χ1v) is 14.4. The highest BCUT2D eigenvalue weighted by Crippen LogP contribution is 2.26. The van der Waals surface area contributed by atoms with Crippen LogP contribution < -0.4 is 9.62 Å². The lowest BCUT2D eigenvalue weighted by Gasteiger charge is -2.26. The fourth-order valence-electron chi connectivity index (χ4n) is 4.85. The van der Waals surface area contributed by atoms with Crippen molar-refractivity contribution < 1.29 is 13.2 Å². The molecule has 0 unspecified atom stereocenters. The Morgan fingerprint density at radius 1 is 0.838 bits per heavy atom. The molecule has 6 nitrogen and oxygen atoms in total. The molecule has 3 aromatic carbocycles. The predicted octanol–water partition coefficient (Wildman–Crippen LogP) is 5.11. The summed E-state index contributed by atoms with van der Waals surface area (Å²) in [6.45, 7) is 8.97. The topological polar surface area (TPSA) is 69.7 Å². The second-order valence-electron chi connectivity index (χ2n) is 10.1. The van der Waals surface area contributed by atoms with Crippen molar-refractivity contribution in [1.82, 2.24) is 10.2 Å². The summed E-state index contributed by atoms with van der Waals surface area (Å²) in [5.74, 6) is -0.351. The Labute approximate surface area is 221 Å². The van der Waals surface area contributed by atoms with Crippen LogP contribution in [-0.2, 0) is 27.9 Å². The number of piperidine rings is 1. The van der Waals surface area contributed by atoms with Gasteiger partial charge in [-0.3, -0.25) is 14.0 Å². The number of hydrogen-bond donors (Lipinski definition) is 1. The molecule has 0 spiro atoms. The van der Waals surface area contributed by atoms with Crippen molar-refractivity contribution in [3.05, 3.63) is 94.5 Å². The van der Waals surface area contributed by atoms with Crippen LogP contribution >= 0.6 is 0 Å². The zero-order valence-corrected chi connectivity index (χ0v) is 22.9. The van der Waals surface area contributed by atoms with Crippen LogP contribution in [-0.4, -0.2) is 38.9 Å². The van der Waals surface area contributed by atoms with Gasteiger partial charge in [-0.05, 0) is 93.2 Å². The summed E-state index contributed by atoms with van der Waals surface area (Å²) in [7, 11) is -3.94. The minimum atomic E-state index is -3.94. The number of amides is 1. The van der Waals surface area contributed by atoms with Crippen LogP contribution in [0.25, 0.3) is 0 Å². The van der Waals surface area contributed by atoms with E-state index in [9.17, 15) is 13.2 Å². The molecule has 0 bridgehead atoms.